The largest absolute Gasteiger partial charge is 0.378 e. The van der Waals surface area contributed by atoms with E-state index in [1.165, 1.54) is 12.8 Å². The molecule has 2 heterocycles. The van der Waals surface area contributed by atoms with Gasteiger partial charge in [0.2, 0.25) is 0 Å². The number of hydrogen-bond acceptors (Lipinski definition) is 3. The maximum Gasteiger partial charge on any atom is 0.132 e. The summed E-state index contributed by atoms with van der Waals surface area (Å²) in [6, 6.07) is 0. The first kappa shape index (κ1) is 10.6. The first-order chi connectivity index (χ1) is 7.40. The highest BCUT2D eigenvalue weighted by molar-refractivity contribution is 4.87. The van der Waals surface area contributed by atoms with Gasteiger partial charge in [-0.1, -0.05) is 6.92 Å². The van der Waals surface area contributed by atoms with Crippen molar-refractivity contribution < 1.29 is 4.74 Å². The molecule has 1 atom stereocenters. The first-order valence-corrected chi connectivity index (χ1v) is 5.88. The smallest absolute Gasteiger partial charge is 0.132 e. The lowest BCUT2D eigenvalue weighted by Gasteiger charge is -2.09. The molecule has 0 radical (unpaired) electrons. The molecule has 1 fully saturated rings. The predicted molar refractivity (Wildman–Crippen MR) is 57.6 cm³/mol. The van der Waals surface area contributed by atoms with Crippen LogP contribution < -0.4 is 0 Å². The highest BCUT2D eigenvalue weighted by Crippen LogP contribution is 2.17. The summed E-state index contributed by atoms with van der Waals surface area (Å²) >= 11 is 0. The minimum Gasteiger partial charge on any atom is -0.378 e. The summed E-state index contributed by atoms with van der Waals surface area (Å²) in [7, 11) is 0. The third-order valence-corrected chi connectivity index (χ3v) is 2.87. The fourth-order valence-corrected chi connectivity index (χ4v) is 2.06. The van der Waals surface area contributed by atoms with Gasteiger partial charge in [0.25, 0.3) is 0 Å². The molecule has 0 spiro atoms. The highest BCUT2D eigenvalue weighted by atomic mass is 16.5. The van der Waals surface area contributed by atoms with Gasteiger partial charge < -0.3 is 9.30 Å². The summed E-state index contributed by atoms with van der Waals surface area (Å²) in [4.78, 5) is 0. The van der Waals surface area contributed by atoms with Gasteiger partial charge >= 0.3 is 0 Å². The van der Waals surface area contributed by atoms with Gasteiger partial charge in [0.05, 0.1) is 6.10 Å². The zero-order valence-electron chi connectivity index (χ0n) is 9.35. The fraction of sp³-hybridized carbons (Fsp3) is 0.818. The van der Waals surface area contributed by atoms with Gasteiger partial charge in [-0.05, 0) is 25.7 Å². The van der Waals surface area contributed by atoms with Crippen LogP contribution in [0.5, 0.6) is 0 Å². The lowest BCUT2D eigenvalue weighted by molar-refractivity contribution is 0.104. The third kappa shape index (κ3) is 2.78. The van der Waals surface area contributed by atoms with E-state index in [0.717, 1.165) is 38.2 Å². The molecule has 1 unspecified atom stereocenters. The molecule has 4 heteroatoms. The SMILES string of the molecule is CCCn1cnnc1CCC1CCCO1. The van der Waals surface area contributed by atoms with E-state index in [-0.39, 0.29) is 0 Å². The van der Waals surface area contributed by atoms with Crippen LogP contribution in [0.2, 0.25) is 0 Å². The average molecular weight is 209 g/mol. The Morgan fingerprint density at radius 2 is 2.53 bits per heavy atom. The van der Waals surface area contributed by atoms with Crippen LogP contribution in [-0.4, -0.2) is 27.5 Å². The van der Waals surface area contributed by atoms with Crippen molar-refractivity contribution in [2.75, 3.05) is 6.61 Å². The molecule has 1 aliphatic heterocycles. The van der Waals surface area contributed by atoms with Gasteiger partial charge in [-0.2, -0.15) is 0 Å². The molecule has 1 aromatic heterocycles. The van der Waals surface area contributed by atoms with Crippen molar-refractivity contribution >= 4 is 0 Å². The van der Waals surface area contributed by atoms with Crippen LogP contribution in [0.25, 0.3) is 0 Å². The fourth-order valence-electron chi connectivity index (χ4n) is 2.06. The van der Waals surface area contributed by atoms with Crippen molar-refractivity contribution in [3.63, 3.8) is 0 Å². The molecular weight excluding hydrogens is 190 g/mol. The van der Waals surface area contributed by atoms with Crippen molar-refractivity contribution in [2.45, 2.75) is 51.7 Å². The van der Waals surface area contributed by atoms with Crippen molar-refractivity contribution in [3.05, 3.63) is 12.2 Å². The molecule has 15 heavy (non-hydrogen) atoms. The minimum absolute atomic E-state index is 0.455. The van der Waals surface area contributed by atoms with E-state index in [0.29, 0.717) is 6.10 Å². The zero-order chi connectivity index (χ0) is 10.5. The predicted octanol–water partition coefficient (Wildman–Crippen LogP) is 1.80. The van der Waals surface area contributed by atoms with E-state index in [1.807, 2.05) is 6.33 Å². The molecule has 0 aliphatic carbocycles. The van der Waals surface area contributed by atoms with Gasteiger partial charge in [0, 0.05) is 19.6 Å². The molecule has 0 N–H and O–H groups in total. The third-order valence-electron chi connectivity index (χ3n) is 2.87. The summed E-state index contributed by atoms with van der Waals surface area (Å²) in [6.45, 7) is 4.13. The van der Waals surface area contributed by atoms with Gasteiger partial charge in [-0.25, -0.2) is 0 Å². The highest BCUT2D eigenvalue weighted by Gasteiger charge is 2.16. The minimum atomic E-state index is 0.455. The quantitative estimate of drug-likeness (QED) is 0.742. The van der Waals surface area contributed by atoms with Crippen LogP contribution in [0.3, 0.4) is 0 Å². The normalized spacial score (nSPS) is 21.0. The van der Waals surface area contributed by atoms with E-state index >= 15 is 0 Å². The number of hydrogen-bond donors (Lipinski definition) is 0. The van der Waals surface area contributed by atoms with Crippen LogP contribution in [0, 0.1) is 0 Å². The lowest BCUT2D eigenvalue weighted by atomic mass is 10.1. The molecule has 0 aromatic carbocycles. The van der Waals surface area contributed by atoms with E-state index < -0.39 is 0 Å². The van der Waals surface area contributed by atoms with Crippen LogP contribution in [0.15, 0.2) is 6.33 Å². The van der Waals surface area contributed by atoms with Gasteiger partial charge in [-0.3, -0.25) is 0 Å². The summed E-state index contributed by atoms with van der Waals surface area (Å²) < 4.78 is 7.74. The Morgan fingerprint density at radius 1 is 1.60 bits per heavy atom. The number of ether oxygens (including phenoxy) is 1. The summed E-state index contributed by atoms with van der Waals surface area (Å²) in [5.74, 6) is 1.10. The number of aromatic nitrogens is 3. The summed E-state index contributed by atoms with van der Waals surface area (Å²) in [5, 5.41) is 8.11. The van der Waals surface area contributed by atoms with Crippen molar-refractivity contribution in [1.29, 1.82) is 0 Å². The molecule has 1 saturated heterocycles. The van der Waals surface area contributed by atoms with Crippen molar-refractivity contribution in [2.24, 2.45) is 0 Å². The molecule has 0 bridgehead atoms. The van der Waals surface area contributed by atoms with Gasteiger partial charge in [0.1, 0.15) is 12.2 Å². The molecule has 4 nitrogen and oxygen atoms in total. The first-order valence-electron chi connectivity index (χ1n) is 5.88. The van der Waals surface area contributed by atoms with E-state index in [9.17, 15) is 0 Å². The number of aryl methyl sites for hydroxylation is 2. The van der Waals surface area contributed by atoms with Gasteiger partial charge in [0.15, 0.2) is 0 Å². The maximum absolute atomic E-state index is 5.59. The van der Waals surface area contributed by atoms with E-state index in [1.54, 1.807) is 0 Å². The Hall–Kier alpha value is -0.900. The average Bonchev–Trinajstić information content (AvgIpc) is 2.85. The monoisotopic (exact) mass is 209 g/mol. The molecule has 0 saturated carbocycles. The van der Waals surface area contributed by atoms with Crippen LogP contribution >= 0.6 is 0 Å². The summed E-state index contributed by atoms with van der Waals surface area (Å²) in [6.07, 6.45) is 7.91. The van der Waals surface area contributed by atoms with E-state index in [2.05, 4.69) is 21.7 Å². The Bertz CT molecular complexity index is 292. The number of rotatable bonds is 5. The molecule has 2 rings (SSSR count). The molecule has 0 amide bonds. The number of nitrogens with zero attached hydrogens (tertiary/aromatic N) is 3. The van der Waals surface area contributed by atoms with Crippen LogP contribution in [-0.2, 0) is 17.7 Å². The van der Waals surface area contributed by atoms with Crippen molar-refractivity contribution in [3.8, 4) is 0 Å². The molecule has 84 valence electrons. The van der Waals surface area contributed by atoms with Crippen LogP contribution in [0.1, 0.15) is 38.4 Å². The maximum atomic E-state index is 5.59. The Morgan fingerprint density at radius 3 is 3.27 bits per heavy atom. The van der Waals surface area contributed by atoms with Crippen LogP contribution in [0.4, 0.5) is 0 Å². The van der Waals surface area contributed by atoms with Gasteiger partial charge in [-0.15, -0.1) is 10.2 Å². The summed E-state index contributed by atoms with van der Waals surface area (Å²) in [5.41, 5.74) is 0. The Kier molecular flexibility index (Phi) is 3.72. The molecule has 1 aliphatic rings. The molecule has 1 aromatic rings. The zero-order valence-corrected chi connectivity index (χ0v) is 9.35. The second-order valence-corrected chi connectivity index (χ2v) is 4.11. The standard InChI is InChI=1S/C11H19N3O/c1-2-7-14-9-12-13-11(14)6-5-10-4-3-8-15-10/h9-10H,2-8H2,1H3. The Balaban J connectivity index is 1.83. The van der Waals surface area contributed by atoms with E-state index in [4.69, 9.17) is 4.74 Å². The topological polar surface area (TPSA) is 39.9 Å². The second kappa shape index (κ2) is 5.26. The Labute approximate surface area is 90.7 Å². The lowest BCUT2D eigenvalue weighted by Crippen LogP contribution is -2.09. The second-order valence-electron chi connectivity index (χ2n) is 4.11. The molecular formula is C11H19N3O. The van der Waals surface area contributed by atoms with Crippen molar-refractivity contribution in [1.82, 2.24) is 14.8 Å².